The van der Waals surface area contributed by atoms with Crippen molar-refractivity contribution >= 4 is 11.8 Å². The minimum Gasteiger partial charge on any atom is -0.493 e. The third kappa shape index (κ3) is 3.53. The Kier molecular flexibility index (Phi) is 4.81. The lowest BCUT2D eigenvalue weighted by Crippen LogP contribution is -2.40. The highest BCUT2D eigenvalue weighted by molar-refractivity contribution is 5.92. The van der Waals surface area contributed by atoms with Gasteiger partial charge in [0.05, 0.1) is 18.3 Å². The molecule has 0 saturated carbocycles. The molecule has 8 heteroatoms. The minimum atomic E-state index is -4.64. The molecule has 2 aliphatic heterocycles. The van der Waals surface area contributed by atoms with E-state index in [1.807, 2.05) is 6.92 Å². The first-order valence-electron chi connectivity index (χ1n) is 8.31. The fraction of sp³-hybridized carbons (Fsp3) is 0.588. The molecular formula is C17H20F3NO4. The second-order valence-electron chi connectivity index (χ2n) is 6.29. The Morgan fingerprint density at radius 1 is 1.44 bits per heavy atom. The van der Waals surface area contributed by atoms with Crippen molar-refractivity contribution in [1.82, 2.24) is 0 Å². The van der Waals surface area contributed by atoms with Gasteiger partial charge in [0.1, 0.15) is 11.9 Å². The van der Waals surface area contributed by atoms with Gasteiger partial charge in [0.25, 0.3) is 0 Å². The van der Waals surface area contributed by atoms with Gasteiger partial charge in [0.15, 0.2) is 6.10 Å². The molecule has 1 aromatic carbocycles. The zero-order valence-corrected chi connectivity index (χ0v) is 13.8. The van der Waals surface area contributed by atoms with Crippen molar-refractivity contribution in [1.29, 1.82) is 0 Å². The molecule has 2 aliphatic rings. The van der Waals surface area contributed by atoms with Crippen LogP contribution in [0.5, 0.6) is 5.75 Å². The van der Waals surface area contributed by atoms with Crippen LogP contribution in [0, 0.1) is 0 Å². The van der Waals surface area contributed by atoms with E-state index in [4.69, 9.17) is 14.6 Å². The number of aliphatic hydroxyl groups excluding tert-OH is 1. The number of cyclic esters (lactones) is 1. The minimum absolute atomic E-state index is 0.0266. The Balaban J connectivity index is 1.67. The van der Waals surface area contributed by atoms with Gasteiger partial charge in [-0.05, 0) is 43.0 Å². The van der Waals surface area contributed by atoms with E-state index in [0.29, 0.717) is 5.75 Å². The number of aliphatic hydroxyl groups is 1. The molecule has 0 bridgehead atoms. The Hall–Kier alpha value is -1.96. The van der Waals surface area contributed by atoms with Gasteiger partial charge in [0.2, 0.25) is 0 Å². The van der Waals surface area contributed by atoms with Crippen molar-refractivity contribution in [3.05, 3.63) is 23.8 Å². The van der Waals surface area contributed by atoms with E-state index in [0.717, 1.165) is 30.5 Å². The molecule has 25 heavy (non-hydrogen) atoms. The molecule has 0 aromatic heterocycles. The van der Waals surface area contributed by atoms with E-state index in [1.54, 1.807) is 23.1 Å². The highest BCUT2D eigenvalue weighted by Gasteiger charge is 2.44. The molecule has 3 atom stereocenters. The monoisotopic (exact) mass is 359 g/mol. The summed E-state index contributed by atoms with van der Waals surface area (Å²) in [6, 6.07) is 5.11. The zero-order valence-electron chi connectivity index (χ0n) is 13.8. The van der Waals surface area contributed by atoms with Gasteiger partial charge in [-0.25, -0.2) is 4.79 Å². The highest BCUT2D eigenvalue weighted by Crippen LogP contribution is 2.39. The van der Waals surface area contributed by atoms with Gasteiger partial charge in [-0.15, -0.1) is 0 Å². The van der Waals surface area contributed by atoms with Crippen LogP contribution in [0.2, 0.25) is 0 Å². The van der Waals surface area contributed by atoms with E-state index in [2.05, 4.69) is 0 Å². The summed E-state index contributed by atoms with van der Waals surface area (Å²) in [5, 5.41) is 8.97. The van der Waals surface area contributed by atoms with Crippen LogP contribution in [0.4, 0.5) is 23.7 Å². The molecule has 0 radical (unpaired) electrons. The second-order valence-corrected chi connectivity index (χ2v) is 6.29. The highest BCUT2D eigenvalue weighted by atomic mass is 19.4. The lowest BCUT2D eigenvalue weighted by Gasteiger charge is -2.31. The van der Waals surface area contributed by atoms with Crippen molar-refractivity contribution in [2.45, 2.75) is 57.0 Å². The normalized spacial score (nSPS) is 23.7. The second kappa shape index (κ2) is 6.74. The van der Waals surface area contributed by atoms with Crippen molar-refractivity contribution < 1.29 is 32.5 Å². The van der Waals surface area contributed by atoms with Gasteiger partial charge in [0, 0.05) is 6.42 Å². The third-order valence-electron chi connectivity index (χ3n) is 4.67. The average molecular weight is 359 g/mol. The Bertz CT molecular complexity index is 649. The van der Waals surface area contributed by atoms with Crippen LogP contribution in [0.1, 0.15) is 31.7 Å². The van der Waals surface area contributed by atoms with Crippen molar-refractivity contribution in [2.24, 2.45) is 0 Å². The Morgan fingerprint density at radius 3 is 2.88 bits per heavy atom. The Morgan fingerprint density at radius 2 is 2.20 bits per heavy atom. The number of rotatable bonds is 5. The molecule has 1 fully saturated rings. The van der Waals surface area contributed by atoms with Crippen molar-refractivity contribution in [2.75, 3.05) is 11.5 Å². The molecule has 1 N–H and O–H groups in total. The standard InChI is InChI=1S/C17H20F3NO4/c1-2-14-13-5-3-10-9-11(24-8-7-15(22)17(18,19)20)4-6-12(10)21(13)16(23)25-14/h4,6,9,13-15,22H,2-3,5,7-8H2,1H3/t13?,14?,15-/m0/s1. The maximum absolute atomic E-state index is 12.3. The van der Waals surface area contributed by atoms with Gasteiger partial charge in [-0.1, -0.05) is 6.92 Å². The van der Waals surface area contributed by atoms with E-state index >= 15 is 0 Å². The molecule has 1 saturated heterocycles. The Labute approximate surface area is 143 Å². The summed E-state index contributed by atoms with van der Waals surface area (Å²) in [5.41, 5.74) is 1.67. The fourth-order valence-electron chi connectivity index (χ4n) is 3.36. The molecule has 5 nitrogen and oxygen atoms in total. The predicted molar refractivity (Wildman–Crippen MR) is 83.8 cm³/mol. The number of fused-ring (bicyclic) bond motifs is 3. The summed E-state index contributed by atoms with van der Waals surface area (Å²) in [7, 11) is 0. The number of aryl methyl sites for hydroxylation is 1. The van der Waals surface area contributed by atoms with Gasteiger partial charge < -0.3 is 14.6 Å². The summed E-state index contributed by atoms with van der Waals surface area (Å²) >= 11 is 0. The predicted octanol–water partition coefficient (Wildman–Crippen LogP) is 3.43. The SMILES string of the molecule is CCC1OC(=O)N2c3ccc(OCC[C@H](O)C(F)(F)F)cc3CCC12. The van der Waals surface area contributed by atoms with Crippen LogP contribution in [0.25, 0.3) is 0 Å². The van der Waals surface area contributed by atoms with Crippen molar-refractivity contribution in [3.8, 4) is 5.75 Å². The molecule has 1 aromatic rings. The lowest BCUT2D eigenvalue weighted by molar-refractivity contribution is -0.206. The topological polar surface area (TPSA) is 59.0 Å². The van der Waals surface area contributed by atoms with Crippen LogP contribution < -0.4 is 9.64 Å². The summed E-state index contributed by atoms with van der Waals surface area (Å²) in [6.07, 6.45) is -5.76. The van der Waals surface area contributed by atoms with Crippen LogP contribution in [-0.2, 0) is 11.2 Å². The average Bonchev–Trinajstić information content (AvgIpc) is 2.90. The van der Waals surface area contributed by atoms with E-state index in [1.165, 1.54) is 0 Å². The first kappa shape index (κ1) is 17.8. The summed E-state index contributed by atoms with van der Waals surface area (Å²) in [6.45, 7) is 1.73. The molecule has 2 heterocycles. The van der Waals surface area contributed by atoms with Gasteiger partial charge in [-0.2, -0.15) is 13.2 Å². The molecule has 138 valence electrons. The molecule has 1 amide bonds. The molecule has 0 spiro atoms. The van der Waals surface area contributed by atoms with Crippen LogP contribution in [0.15, 0.2) is 18.2 Å². The largest absolute Gasteiger partial charge is 0.493 e. The zero-order chi connectivity index (χ0) is 18.2. The molecule has 2 unspecified atom stereocenters. The number of carbonyl (C=O) groups excluding carboxylic acids is 1. The summed E-state index contributed by atoms with van der Waals surface area (Å²) in [4.78, 5) is 13.8. The van der Waals surface area contributed by atoms with Gasteiger partial charge in [-0.3, -0.25) is 4.90 Å². The van der Waals surface area contributed by atoms with E-state index in [9.17, 15) is 18.0 Å². The number of halogens is 3. The van der Waals surface area contributed by atoms with E-state index < -0.39 is 18.7 Å². The van der Waals surface area contributed by atoms with Crippen molar-refractivity contribution in [3.63, 3.8) is 0 Å². The first-order chi connectivity index (χ1) is 11.8. The van der Waals surface area contributed by atoms with Gasteiger partial charge >= 0.3 is 12.3 Å². The number of hydrogen-bond donors (Lipinski definition) is 1. The molecule has 3 rings (SSSR count). The van der Waals surface area contributed by atoms with E-state index in [-0.39, 0.29) is 24.8 Å². The fourth-order valence-corrected chi connectivity index (χ4v) is 3.36. The summed E-state index contributed by atoms with van der Waals surface area (Å²) in [5.74, 6) is 0.422. The van der Waals surface area contributed by atoms with Crippen LogP contribution in [0.3, 0.4) is 0 Å². The number of carbonyl (C=O) groups is 1. The number of alkyl halides is 3. The molecular weight excluding hydrogens is 339 g/mol. The third-order valence-corrected chi connectivity index (χ3v) is 4.67. The quantitative estimate of drug-likeness (QED) is 0.875. The molecule has 0 aliphatic carbocycles. The number of nitrogens with zero attached hydrogens (tertiary/aromatic N) is 1. The number of benzene rings is 1. The maximum Gasteiger partial charge on any atom is 0.415 e. The number of anilines is 1. The van der Waals surface area contributed by atoms with Crippen LogP contribution >= 0.6 is 0 Å². The number of amides is 1. The first-order valence-corrected chi connectivity index (χ1v) is 8.31. The smallest absolute Gasteiger partial charge is 0.415 e. The lowest BCUT2D eigenvalue weighted by atomic mass is 9.93. The van der Waals surface area contributed by atoms with Crippen LogP contribution in [-0.4, -0.2) is 42.2 Å². The number of ether oxygens (including phenoxy) is 2. The number of hydrogen-bond acceptors (Lipinski definition) is 4. The summed E-state index contributed by atoms with van der Waals surface area (Å²) < 4.78 is 47.5. The maximum atomic E-state index is 12.3.